The number of pyridine rings is 1. The lowest BCUT2D eigenvalue weighted by Crippen LogP contribution is -2.02. The summed E-state index contributed by atoms with van der Waals surface area (Å²) in [5.41, 5.74) is 3.73. The monoisotopic (exact) mass is 255 g/mol. The van der Waals surface area contributed by atoms with Gasteiger partial charge in [-0.2, -0.15) is 5.26 Å². The van der Waals surface area contributed by atoms with Crippen molar-refractivity contribution in [2.45, 2.75) is 20.8 Å². The van der Waals surface area contributed by atoms with Crippen LogP contribution < -0.4 is 5.32 Å². The number of anilines is 2. The molecule has 0 amide bonds. The van der Waals surface area contributed by atoms with Crippen LogP contribution in [0.3, 0.4) is 0 Å². The van der Waals surface area contributed by atoms with E-state index < -0.39 is 0 Å². The van der Waals surface area contributed by atoms with Gasteiger partial charge < -0.3 is 5.32 Å². The van der Waals surface area contributed by atoms with Gasteiger partial charge in [-0.15, -0.1) is 0 Å². The summed E-state index contributed by atoms with van der Waals surface area (Å²) in [6, 6.07) is 8.47. The van der Waals surface area contributed by atoms with Crippen molar-refractivity contribution >= 4 is 11.5 Å². The fourth-order valence-corrected chi connectivity index (χ4v) is 1.96. The third kappa shape index (κ3) is 2.71. The number of nitrogens with one attached hydrogen (secondary N) is 1. The van der Waals surface area contributed by atoms with Gasteiger partial charge in [-0.25, -0.2) is 9.37 Å². The minimum Gasteiger partial charge on any atom is -0.339 e. The largest absolute Gasteiger partial charge is 0.339 e. The molecule has 0 radical (unpaired) electrons. The maximum Gasteiger partial charge on any atom is 0.148 e. The number of nitrogens with zero attached hydrogens (tertiary/aromatic N) is 2. The van der Waals surface area contributed by atoms with Crippen LogP contribution >= 0.6 is 0 Å². The number of aromatic nitrogens is 1. The molecule has 4 heteroatoms. The summed E-state index contributed by atoms with van der Waals surface area (Å²) < 4.78 is 13.1. The van der Waals surface area contributed by atoms with Gasteiger partial charge in [0.15, 0.2) is 0 Å². The smallest absolute Gasteiger partial charge is 0.148 e. The summed E-state index contributed by atoms with van der Waals surface area (Å²) in [5.74, 6) is 0.228. The van der Waals surface area contributed by atoms with Gasteiger partial charge >= 0.3 is 0 Å². The Hall–Kier alpha value is -2.41. The summed E-state index contributed by atoms with van der Waals surface area (Å²) in [4.78, 5) is 4.34. The maximum atomic E-state index is 13.1. The van der Waals surface area contributed by atoms with Crippen LogP contribution in [0.2, 0.25) is 0 Å². The Bertz CT molecular complexity index is 672. The highest BCUT2D eigenvalue weighted by Gasteiger charge is 2.10. The summed E-state index contributed by atoms with van der Waals surface area (Å²) in [5, 5.41) is 12.3. The number of hydrogen-bond acceptors (Lipinski definition) is 3. The Morgan fingerprint density at radius 2 is 1.89 bits per heavy atom. The lowest BCUT2D eigenvalue weighted by atomic mass is 10.1. The molecule has 0 spiro atoms. The SMILES string of the molecule is Cc1cc(C)c(C#N)c(Nc2ccc(F)cc2C)n1. The van der Waals surface area contributed by atoms with Crippen LogP contribution in [0.4, 0.5) is 15.9 Å². The van der Waals surface area contributed by atoms with Gasteiger partial charge in [-0.1, -0.05) is 0 Å². The highest BCUT2D eigenvalue weighted by atomic mass is 19.1. The van der Waals surface area contributed by atoms with Crippen molar-refractivity contribution < 1.29 is 4.39 Å². The first-order valence-corrected chi connectivity index (χ1v) is 5.93. The molecule has 0 unspecified atom stereocenters. The third-order valence-electron chi connectivity index (χ3n) is 2.90. The third-order valence-corrected chi connectivity index (χ3v) is 2.90. The van der Waals surface area contributed by atoms with Crippen molar-refractivity contribution in [3.8, 4) is 6.07 Å². The number of nitriles is 1. The number of aryl methyl sites for hydroxylation is 3. The highest BCUT2D eigenvalue weighted by Crippen LogP contribution is 2.24. The van der Waals surface area contributed by atoms with Crippen LogP contribution in [0, 0.1) is 37.9 Å². The first kappa shape index (κ1) is 13.0. The summed E-state index contributed by atoms with van der Waals surface area (Å²) >= 11 is 0. The quantitative estimate of drug-likeness (QED) is 0.888. The Kier molecular flexibility index (Phi) is 3.48. The van der Waals surface area contributed by atoms with Crippen LogP contribution in [0.1, 0.15) is 22.4 Å². The summed E-state index contributed by atoms with van der Waals surface area (Å²) in [7, 11) is 0. The molecule has 1 heterocycles. The molecule has 0 fully saturated rings. The van der Waals surface area contributed by atoms with Gasteiger partial charge in [0.05, 0.1) is 5.56 Å². The van der Waals surface area contributed by atoms with Gasteiger partial charge in [0.25, 0.3) is 0 Å². The molecule has 1 aromatic carbocycles. The Morgan fingerprint density at radius 3 is 2.53 bits per heavy atom. The molecule has 2 aromatic rings. The molecule has 0 atom stereocenters. The zero-order valence-corrected chi connectivity index (χ0v) is 11.1. The zero-order valence-electron chi connectivity index (χ0n) is 11.1. The van der Waals surface area contributed by atoms with Crippen molar-refractivity contribution in [2.24, 2.45) is 0 Å². The second-order valence-corrected chi connectivity index (χ2v) is 4.50. The standard InChI is InChI=1S/C15H14FN3/c1-9-6-11(3)18-15(13(9)8-17)19-14-5-4-12(16)7-10(14)2/h4-7H,1-3H3,(H,18,19). The predicted molar refractivity (Wildman–Crippen MR) is 72.8 cm³/mol. The molecule has 19 heavy (non-hydrogen) atoms. The van der Waals surface area contributed by atoms with Crippen molar-refractivity contribution in [2.75, 3.05) is 5.32 Å². The molecule has 0 saturated carbocycles. The normalized spacial score (nSPS) is 10.1. The first-order chi connectivity index (χ1) is 9.01. The topological polar surface area (TPSA) is 48.7 Å². The second-order valence-electron chi connectivity index (χ2n) is 4.50. The summed E-state index contributed by atoms with van der Waals surface area (Å²) in [6.45, 7) is 5.55. The van der Waals surface area contributed by atoms with Crippen molar-refractivity contribution in [3.05, 3.63) is 52.5 Å². The van der Waals surface area contributed by atoms with Gasteiger partial charge in [0, 0.05) is 11.4 Å². The van der Waals surface area contributed by atoms with E-state index in [4.69, 9.17) is 0 Å². The Balaban J connectivity index is 2.46. The Labute approximate surface area is 111 Å². The number of benzene rings is 1. The van der Waals surface area contributed by atoms with Gasteiger partial charge in [0.1, 0.15) is 17.7 Å². The van der Waals surface area contributed by atoms with Gasteiger partial charge in [-0.05, 0) is 56.2 Å². The lowest BCUT2D eigenvalue weighted by molar-refractivity contribution is 0.627. The predicted octanol–water partition coefficient (Wildman–Crippen LogP) is 3.76. The lowest BCUT2D eigenvalue weighted by Gasteiger charge is -2.12. The fourth-order valence-electron chi connectivity index (χ4n) is 1.96. The van der Waals surface area contributed by atoms with Crippen molar-refractivity contribution in [1.82, 2.24) is 4.98 Å². The fraction of sp³-hybridized carbons (Fsp3) is 0.200. The Morgan fingerprint density at radius 1 is 1.16 bits per heavy atom. The molecular weight excluding hydrogens is 241 g/mol. The average molecular weight is 255 g/mol. The molecule has 2 rings (SSSR count). The minimum atomic E-state index is -0.281. The number of hydrogen-bond donors (Lipinski definition) is 1. The van der Waals surface area contributed by atoms with E-state index in [-0.39, 0.29) is 5.82 Å². The molecule has 0 bridgehead atoms. The van der Waals surface area contributed by atoms with Crippen LogP contribution in [-0.4, -0.2) is 4.98 Å². The molecular formula is C15H14FN3. The highest BCUT2D eigenvalue weighted by molar-refractivity contribution is 5.66. The molecule has 96 valence electrons. The minimum absolute atomic E-state index is 0.281. The van der Waals surface area contributed by atoms with Gasteiger partial charge in [0.2, 0.25) is 0 Å². The van der Waals surface area contributed by atoms with Crippen LogP contribution in [0.5, 0.6) is 0 Å². The van der Waals surface area contributed by atoms with E-state index >= 15 is 0 Å². The summed E-state index contributed by atoms with van der Waals surface area (Å²) in [6.07, 6.45) is 0. The molecule has 0 aliphatic heterocycles. The van der Waals surface area contributed by atoms with Crippen LogP contribution in [0.25, 0.3) is 0 Å². The molecule has 1 N–H and O–H groups in total. The van der Waals surface area contributed by atoms with E-state index in [0.29, 0.717) is 11.4 Å². The van der Waals surface area contributed by atoms with Gasteiger partial charge in [-0.3, -0.25) is 0 Å². The number of rotatable bonds is 2. The molecule has 1 aromatic heterocycles. The second kappa shape index (κ2) is 5.07. The number of halogens is 1. The van der Waals surface area contributed by atoms with Crippen LogP contribution in [-0.2, 0) is 0 Å². The average Bonchev–Trinajstić information content (AvgIpc) is 2.32. The maximum absolute atomic E-state index is 13.1. The molecule has 3 nitrogen and oxygen atoms in total. The van der Waals surface area contributed by atoms with E-state index in [1.807, 2.05) is 19.9 Å². The molecule has 0 aliphatic carbocycles. The van der Waals surface area contributed by atoms with Crippen LogP contribution in [0.15, 0.2) is 24.3 Å². The van der Waals surface area contributed by atoms with E-state index in [1.54, 1.807) is 13.0 Å². The van der Waals surface area contributed by atoms with E-state index in [9.17, 15) is 9.65 Å². The van der Waals surface area contributed by atoms with E-state index in [1.165, 1.54) is 12.1 Å². The molecule has 0 aliphatic rings. The van der Waals surface area contributed by atoms with Crippen molar-refractivity contribution in [3.63, 3.8) is 0 Å². The zero-order chi connectivity index (χ0) is 14.0. The first-order valence-electron chi connectivity index (χ1n) is 5.93. The van der Waals surface area contributed by atoms with Crippen molar-refractivity contribution in [1.29, 1.82) is 5.26 Å². The molecule has 0 saturated heterocycles. The van der Waals surface area contributed by atoms with E-state index in [2.05, 4.69) is 16.4 Å². The van der Waals surface area contributed by atoms with E-state index in [0.717, 1.165) is 22.5 Å².